The molecule has 0 aromatic heterocycles. The van der Waals surface area contributed by atoms with E-state index in [-0.39, 0.29) is 24.2 Å². The van der Waals surface area contributed by atoms with Crippen molar-refractivity contribution in [2.75, 3.05) is 7.11 Å². The second-order valence-electron chi connectivity index (χ2n) is 3.75. The van der Waals surface area contributed by atoms with Gasteiger partial charge in [-0.15, -0.1) is 0 Å². The van der Waals surface area contributed by atoms with Crippen LogP contribution in [0.1, 0.15) is 18.1 Å². The Kier molecular flexibility index (Phi) is 4.31. The molecule has 4 heteroatoms. The molecule has 1 aromatic carbocycles. The predicted molar refractivity (Wildman–Crippen MR) is 58.9 cm³/mol. The predicted octanol–water partition coefficient (Wildman–Crippen LogP) is 1.24. The lowest BCUT2D eigenvalue weighted by Crippen LogP contribution is -2.15. The fraction of sp³-hybridized carbons (Fsp3) is 0.417. The van der Waals surface area contributed by atoms with Crippen molar-refractivity contribution in [1.29, 1.82) is 0 Å². The number of carbonyl (C=O) groups excluding carboxylic acids is 1. The maximum Gasteiger partial charge on any atom is 0.308 e. The highest BCUT2D eigenvalue weighted by atomic mass is 16.5. The second-order valence-corrected chi connectivity index (χ2v) is 3.75. The molecular weight excluding hydrogens is 208 g/mol. The molecule has 0 aliphatic heterocycles. The molecule has 0 fully saturated rings. The summed E-state index contributed by atoms with van der Waals surface area (Å²) < 4.78 is 4.62. The molecule has 0 amide bonds. The van der Waals surface area contributed by atoms with E-state index in [2.05, 4.69) is 4.74 Å². The summed E-state index contributed by atoms with van der Waals surface area (Å²) in [6, 6.07) is 4.99. The fourth-order valence-electron chi connectivity index (χ4n) is 1.51. The molecular formula is C12H16O4. The van der Waals surface area contributed by atoms with Crippen LogP contribution in [0.5, 0.6) is 5.75 Å². The molecule has 0 aliphatic carbocycles. The molecule has 0 heterocycles. The summed E-state index contributed by atoms with van der Waals surface area (Å²) in [6.45, 7) is 1.57. The van der Waals surface area contributed by atoms with Gasteiger partial charge in [-0.05, 0) is 18.1 Å². The van der Waals surface area contributed by atoms with Gasteiger partial charge in [-0.3, -0.25) is 4.79 Å². The largest absolute Gasteiger partial charge is 0.508 e. The number of aliphatic hydroxyl groups is 1. The molecule has 0 saturated heterocycles. The van der Waals surface area contributed by atoms with Gasteiger partial charge in [0, 0.05) is 5.56 Å². The van der Waals surface area contributed by atoms with Gasteiger partial charge in [0.25, 0.3) is 0 Å². The molecule has 1 rings (SSSR count). The molecule has 16 heavy (non-hydrogen) atoms. The lowest BCUT2D eigenvalue weighted by molar-refractivity contribution is -0.144. The first-order chi connectivity index (χ1) is 7.58. The molecule has 0 bridgehead atoms. The van der Waals surface area contributed by atoms with Gasteiger partial charge in [0.1, 0.15) is 5.75 Å². The van der Waals surface area contributed by atoms with Crippen LogP contribution in [-0.4, -0.2) is 23.3 Å². The van der Waals surface area contributed by atoms with Crippen molar-refractivity contribution < 1.29 is 19.7 Å². The average Bonchev–Trinajstić information content (AvgIpc) is 2.28. The molecule has 0 saturated carbocycles. The molecule has 0 spiro atoms. The summed E-state index contributed by atoms with van der Waals surface area (Å²) in [7, 11) is 1.35. The first-order valence-electron chi connectivity index (χ1n) is 5.08. The van der Waals surface area contributed by atoms with Crippen LogP contribution in [0.25, 0.3) is 0 Å². The zero-order chi connectivity index (χ0) is 12.1. The Morgan fingerprint density at radius 1 is 1.50 bits per heavy atom. The third kappa shape index (κ3) is 2.97. The summed E-state index contributed by atoms with van der Waals surface area (Å²) in [5, 5.41) is 18.4. The van der Waals surface area contributed by atoms with Crippen LogP contribution in [0, 0.1) is 5.92 Å². The van der Waals surface area contributed by atoms with Gasteiger partial charge in [-0.2, -0.15) is 0 Å². The van der Waals surface area contributed by atoms with E-state index >= 15 is 0 Å². The number of hydrogen-bond donors (Lipinski definition) is 2. The molecule has 0 radical (unpaired) electrons. The Balaban J connectivity index is 2.75. The van der Waals surface area contributed by atoms with Gasteiger partial charge in [0.15, 0.2) is 0 Å². The van der Waals surface area contributed by atoms with Crippen LogP contribution >= 0.6 is 0 Å². The van der Waals surface area contributed by atoms with Gasteiger partial charge >= 0.3 is 5.97 Å². The maximum absolute atomic E-state index is 11.2. The van der Waals surface area contributed by atoms with Crippen LogP contribution in [0.15, 0.2) is 18.2 Å². The first kappa shape index (κ1) is 12.5. The Morgan fingerprint density at radius 3 is 2.69 bits per heavy atom. The highest BCUT2D eigenvalue weighted by Crippen LogP contribution is 2.20. The number of carbonyl (C=O) groups is 1. The van der Waals surface area contributed by atoms with Crippen molar-refractivity contribution in [3.05, 3.63) is 29.3 Å². The molecule has 0 aliphatic rings. The zero-order valence-electron chi connectivity index (χ0n) is 9.43. The SMILES string of the molecule is COC(=O)[C@@H](C)Cc1ccc(CO)c(O)c1. The lowest BCUT2D eigenvalue weighted by Gasteiger charge is -2.10. The number of aliphatic hydroxyl groups excluding tert-OH is 1. The van der Waals surface area contributed by atoms with E-state index in [1.54, 1.807) is 25.1 Å². The molecule has 1 atom stereocenters. The zero-order valence-corrected chi connectivity index (χ0v) is 9.43. The third-order valence-corrected chi connectivity index (χ3v) is 2.47. The third-order valence-electron chi connectivity index (χ3n) is 2.47. The lowest BCUT2D eigenvalue weighted by atomic mass is 10.00. The summed E-state index contributed by atoms with van der Waals surface area (Å²) >= 11 is 0. The van der Waals surface area contributed by atoms with Crippen LogP contribution in [-0.2, 0) is 22.6 Å². The van der Waals surface area contributed by atoms with Crippen molar-refractivity contribution in [2.24, 2.45) is 5.92 Å². The van der Waals surface area contributed by atoms with E-state index in [1.807, 2.05) is 0 Å². The molecule has 1 aromatic rings. The molecule has 0 unspecified atom stereocenters. The monoisotopic (exact) mass is 224 g/mol. The van der Waals surface area contributed by atoms with Crippen LogP contribution in [0.4, 0.5) is 0 Å². The van der Waals surface area contributed by atoms with Crippen molar-refractivity contribution in [1.82, 2.24) is 0 Å². The highest BCUT2D eigenvalue weighted by Gasteiger charge is 2.14. The minimum atomic E-state index is -0.272. The summed E-state index contributed by atoms with van der Waals surface area (Å²) in [6.07, 6.45) is 0.506. The van der Waals surface area contributed by atoms with E-state index in [0.717, 1.165) is 5.56 Å². The Hall–Kier alpha value is -1.55. The quantitative estimate of drug-likeness (QED) is 0.755. The Morgan fingerprint density at radius 2 is 2.19 bits per heavy atom. The van der Waals surface area contributed by atoms with Crippen LogP contribution in [0.2, 0.25) is 0 Å². The maximum atomic E-state index is 11.2. The van der Waals surface area contributed by atoms with E-state index < -0.39 is 0 Å². The Labute approximate surface area is 94.5 Å². The van der Waals surface area contributed by atoms with Crippen molar-refractivity contribution in [2.45, 2.75) is 20.0 Å². The van der Waals surface area contributed by atoms with Gasteiger partial charge in [-0.1, -0.05) is 19.1 Å². The van der Waals surface area contributed by atoms with Gasteiger partial charge < -0.3 is 14.9 Å². The number of methoxy groups -OCH3 is 1. The van der Waals surface area contributed by atoms with Crippen molar-refractivity contribution >= 4 is 5.97 Å². The van der Waals surface area contributed by atoms with Crippen LogP contribution < -0.4 is 0 Å². The molecule has 2 N–H and O–H groups in total. The van der Waals surface area contributed by atoms with Gasteiger partial charge in [-0.25, -0.2) is 0 Å². The van der Waals surface area contributed by atoms with Crippen molar-refractivity contribution in [3.8, 4) is 5.75 Å². The van der Waals surface area contributed by atoms with E-state index in [4.69, 9.17) is 5.11 Å². The van der Waals surface area contributed by atoms with Crippen molar-refractivity contribution in [3.63, 3.8) is 0 Å². The average molecular weight is 224 g/mol. The number of phenols is 1. The number of esters is 1. The Bertz CT molecular complexity index is 373. The number of rotatable bonds is 4. The summed E-state index contributed by atoms with van der Waals surface area (Å²) in [5.74, 6) is -0.466. The van der Waals surface area contributed by atoms with Crippen LogP contribution in [0.3, 0.4) is 0 Å². The topological polar surface area (TPSA) is 66.8 Å². The smallest absolute Gasteiger partial charge is 0.308 e. The number of aromatic hydroxyl groups is 1. The standard InChI is InChI=1S/C12H16O4/c1-8(12(15)16-2)5-9-3-4-10(7-13)11(14)6-9/h3-4,6,8,13-14H,5,7H2,1-2H3/t8-/m0/s1. The van der Waals surface area contributed by atoms with E-state index in [1.165, 1.54) is 7.11 Å². The number of hydrogen-bond acceptors (Lipinski definition) is 4. The van der Waals surface area contributed by atoms with E-state index in [9.17, 15) is 9.90 Å². The number of benzene rings is 1. The van der Waals surface area contributed by atoms with Gasteiger partial charge in [0.05, 0.1) is 19.6 Å². The van der Waals surface area contributed by atoms with E-state index in [0.29, 0.717) is 12.0 Å². The number of ether oxygens (including phenoxy) is 1. The summed E-state index contributed by atoms with van der Waals surface area (Å²) in [4.78, 5) is 11.2. The molecule has 4 nitrogen and oxygen atoms in total. The first-order valence-corrected chi connectivity index (χ1v) is 5.08. The minimum absolute atomic E-state index is 0.0528. The summed E-state index contributed by atoms with van der Waals surface area (Å²) in [5.41, 5.74) is 1.32. The normalized spacial score (nSPS) is 12.2. The fourth-order valence-corrected chi connectivity index (χ4v) is 1.51. The highest BCUT2D eigenvalue weighted by molar-refractivity contribution is 5.72. The minimum Gasteiger partial charge on any atom is -0.508 e. The van der Waals surface area contributed by atoms with Gasteiger partial charge in [0.2, 0.25) is 0 Å². The second kappa shape index (κ2) is 5.51. The molecule has 88 valence electrons.